The average Bonchev–Trinajstić information content (AvgIpc) is 1.85. The molecule has 0 radical (unpaired) electrons. The van der Waals surface area contributed by atoms with Crippen LogP contribution in [-0.2, 0) is 0 Å². The maximum absolute atomic E-state index is 12.5. The van der Waals surface area contributed by atoms with Gasteiger partial charge in [0, 0.05) is 0 Å². The van der Waals surface area contributed by atoms with Gasteiger partial charge in [0.1, 0.15) is 5.82 Å². The monoisotopic (exact) mass is 189 g/mol. The summed E-state index contributed by atoms with van der Waals surface area (Å²) in [6.07, 6.45) is 0. The largest absolute Gasteiger partial charge is 0.235 e. The van der Waals surface area contributed by atoms with Gasteiger partial charge in [-0.15, -0.1) is 0 Å². The summed E-state index contributed by atoms with van der Waals surface area (Å²) in [6.45, 7) is 6.63. The molecule has 0 fully saturated rings. The molecule has 0 bridgehead atoms. The fourth-order valence-corrected chi connectivity index (χ4v) is 1.19. The topological polar surface area (TPSA) is 4.36 Å². The van der Waals surface area contributed by atoms with E-state index in [-0.39, 0.29) is 15.7 Å². The standard InChI is InChI=1S/C7H2Cl2FN/c1-11-7-5(8)2-4(10)3-6(7)9/h2-3H. The molecule has 0 atom stereocenters. The Bertz CT molecular complexity index is 307. The van der Waals surface area contributed by atoms with Crippen LogP contribution in [0.25, 0.3) is 4.85 Å². The van der Waals surface area contributed by atoms with Crippen molar-refractivity contribution in [2.24, 2.45) is 0 Å². The van der Waals surface area contributed by atoms with Crippen LogP contribution in [-0.4, -0.2) is 0 Å². The van der Waals surface area contributed by atoms with Crippen LogP contribution in [0, 0.1) is 12.4 Å². The van der Waals surface area contributed by atoms with Crippen molar-refractivity contribution in [2.75, 3.05) is 0 Å². The Hall–Kier alpha value is -0.780. The zero-order valence-corrected chi connectivity index (χ0v) is 6.75. The molecule has 4 heteroatoms. The van der Waals surface area contributed by atoms with Crippen molar-refractivity contribution in [3.05, 3.63) is 39.4 Å². The van der Waals surface area contributed by atoms with Gasteiger partial charge in [-0.3, -0.25) is 0 Å². The van der Waals surface area contributed by atoms with Crippen molar-refractivity contribution in [3.8, 4) is 0 Å². The molecule has 0 aromatic heterocycles. The highest BCUT2D eigenvalue weighted by molar-refractivity contribution is 6.39. The Morgan fingerprint density at radius 3 is 2.09 bits per heavy atom. The van der Waals surface area contributed by atoms with Gasteiger partial charge in [0.15, 0.2) is 0 Å². The number of rotatable bonds is 0. The van der Waals surface area contributed by atoms with Gasteiger partial charge in [0.2, 0.25) is 5.69 Å². The second kappa shape index (κ2) is 3.08. The van der Waals surface area contributed by atoms with E-state index in [1.54, 1.807) is 0 Å². The first-order valence-corrected chi connectivity index (χ1v) is 3.42. The third-order valence-electron chi connectivity index (χ3n) is 1.09. The molecule has 0 aliphatic heterocycles. The van der Waals surface area contributed by atoms with Gasteiger partial charge in [-0.25, -0.2) is 9.24 Å². The summed E-state index contributed by atoms with van der Waals surface area (Å²) in [7, 11) is 0. The van der Waals surface area contributed by atoms with Gasteiger partial charge in [0.05, 0.1) is 16.6 Å². The van der Waals surface area contributed by atoms with Gasteiger partial charge >= 0.3 is 0 Å². The fraction of sp³-hybridized carbons (Fsp3) is 0. The maximum atomic E-state index is 12.5. The highest BCUT2D eigenvalue weighted by Gasteiger charge is 2.06. The number of nitrogens with zero attached hydrogens (tertiary/aromatic N) is 1. The minimum absolute atomic E-state index is 0.0463. The Morgan fingerprint density at radius 1 is 1.27 bits per heavy atom. The molecular weight excluding hydrogens is 188 g/mol. The molecular formula is C7H2Cl2FN. The summed E-state index contributed by atoms with van der Waals surface area (Å²) >= 11 is 11.0. The lowest BCUT2D eigenvalue weighted by Gasteiger charge is -1.96. The Morgan fingerprint density at radius 2 is 1.73 bits per heavy atom. The first kappa shape index (κ1) is 8.32. The molecule has 56 valence electrons. The van der Waals surface area contributed by atoms with Crippen molar-refractivity contribution >= 4 is 28.9 Å². The SMILES string of the molecule is [C-]#[N+]c1c(Cl)cc(F)cc1Cl. The Kier molecular flexibility index (Phi) is 2.33. The normalized spacial score (nSPS) is 9.27. The van der Waals surface area contributed by atoms with E-state index < -0.39 is 5.82 Å². The number of hydrogen-bond acceptors (Lipinski definition) is 0. The third kappa shape index (κ3) is 1.62. The maximum Gasteiger partial charge on any atom is 0.223 e. The summed E-state index contributed by atoms with van der Waals surface area (Å²) in [5.41, 5.74) is 0.0923. The molecule has 0 unspecified atom stereocenters. The first-order valence-electron chi connectivity index (χ1n) is 2.67. The van der Waals surface area contributed by atoms with Gasteiger partial charge in [-0.2, -0.15) is 0 Å². The van der Waals surface area contributed by atoms with Crippen LogP contribution in [0.5, 0.6) is 0 Å². The predicted molar refractivity (Wildman–Crippen MR) is 42.7 cm³/mol. The van der Waals surface area contributed by atoms with Gasteiger partial charge in [0.25, 0.3) is 0 Å². The second-order valence-corrected chi connectivity index (χ2v) is 2.64. The minimum Gasteiger partial charge on any atom is -0.235 e. The van der Waals surface area contributed by atoms with Crippen LogP contribution in [0.3, 0.4) is 0 Å². The summed E-state index contributed by atoms with van der Waals surface area (Å²) in [5.74, 6) is -0.535. The van der Waals surface area contributed by atoms with E-state index in [2.05, 4.69) is 4.85 Å². The Balaban J connectivity index is 3.40. The van der Waals surface area contributed by atoms with Gasteiger partial charge in [-0.05, 0) is 12.1 Å². The van der Waals surface area contributed by atoms with Crippen LogP contribution in [0.1, 0.15) is 0 Å². The van der Waals surface area contributed by atoms with Crippen molar-refractivity contribution in [1.82, 2.24) is 0 Å². The molecule has 1 rings (SSSR count). The smallest absolute Gasteiger partial charge is 0.223 e. The summed E-state index contributed by atoms with van der Waals surface area (Å²) in [6, 6.07) is 2.11. The molecule has 0 saturated carbocycles. The van der Waals surface area contributed by atoms with E-state index in [0.717, 1.165) is 12.1 Å². The van der Waals surface area contributed by atoms with E-state index in [1.807, 2.05) is 0 Å². The molecule has 0 aliphatic rings. The number of hydrogen-bond donors (Lipinski definition) is 0. The molecule has 11 heavy (non-hydrogen) atoms. The molecule has 0 amide bonds. The van der Waals surface area contributed by atoms with Crippen LogP contribution in [0.15, 0.2) is 12.1 Å². The average molecular weight is 190 g/mol. The lowest BCUT2D eigenvalue weighted by molar-refractivity contribution is 0.628. The fourth-order valence-electron chi connectivity index (χ4n) is 0.641. The molecule has 0 spiro atoms. The lowest BCUT2D eigenvalue weighted by atomic mass is 10.3. The zero-order chi connectivity index (χ0) is 8.43. The summed E-state index contributed by atoms with van der Waals surface area (Å²) < 4.78 is 12.5. The van der Waals surface area contributed by atoms with Crippen LogP contribution in [0.4, 0.5) is 10.1 Å². The molecule has 1 nitrogen and oxygen atoms in total. The van der Waals surface area contributed by atoms with Crippen molar-refractivity contribution < 1.29 is 4.39 Å². The highest BCUT2D eigenvalue weighted by atomic mass is 35.5. The van der Waals surface area contributed by atoms with E-state index in [0.29, 0.717) is 0 Å². The molecule has 1 aromatic carbocycles. The van der Waals surface area contributed by atoms with Gasteiger partial charge < -0.3 is 0 Å². The van der Waals surface area contributed by atoms with E-state index in [4.69, 9.17) is 29.8 Å². The molecule has 0 N–H and O–H groups in total. The first-order chi connectivity index (χ1) is 5.15. The van der Waals surface area contributed by atoms with Crippen molar-refractivity contribution in [3.63, 3.8) is 0 Å². The van der Waals surface area contributed by atoms with E-state index in [9.17, 15) is 4.39 Å². The molecule has 1 aromatic rings. The molecule has 0 aliphatic carbocycles. The van der Waals surface area contributed by atoms with Crippen LogP contribution in [0.2, 0.25) is 10.0 Å². The molecule has 0 heterocycles. The zero-order valence-electron chi connectivity index (χ0n) is 5.24. The highest BCUT2D eigenvalue weighted by Crippen LogP contribution is 2.33. The van der Waals surface area contributed by atoms with Crippen LogP contribution >= 0.6 is 23.2 Å². The van der Waals surface area contributed by atoms with Crippen LogP contribution < -0.4 is 0 Å². The Labute approximate surface area is 73.2 Å². The third-order valence-corrected chi connectivity index (χ3v) is 1.67. The summed E-state index contributed by atoms with van der Waals surface area (Å²) in [4.78, 5) is 3.03. The predicted octanol–water partition coefficient (Wildman–Crippen LogP) is 3.68. The second-order valence-electron chi connectivity index (χ2n) is 1.83. The summed E-state index contributed by atoms with van der Waals surface area (Å²) in [5, 5.41) is 0.0926. The van der Waals surface area contributed by atoms with E-state index in [1.165, 1.54) is 0 Å². The lowest BCUT2D eigenvalue weighted by Crippen LogP contribution is -1.74. The number of halogens is 3. The quantitative estimate of drug-likeness (QED) is 0.549. The molecule has 0 saturated heterocycles. The van der Waals surface area contributed by atoms with Gasteiger partial charge in [-0.1, -0.05) is 23.2 Å². The minimum atomic E-state index is -0.535. The van der Waals surface area contributed by atoms with Crippen molar-refractivity contribution in [1.29, 1.82) is 0 Å². The number of benzene rings is 1. The van der Waals surface area contributed by atoms with E-state index >= 15 is 0 Å². The van der Waals surface area contributed by atoms with Crippen molar-refractivity contribution in [2.45, 2.75) is 0 Å².